The fourth-order valence-corrected chi connectivity index (χ4v) is 3.75. The highest BCUT2D eigenvalue weighted by Gasteiger charge is 2.47. The lowest BCUT2D eigenvalue weighted by Crippen LogP contribution is -2.44. The molecule has 3 rings (SSSR count). The first kappa shape index (κ1) is 19.8. The highest BCUT2D eigenvalue weighted by molar-refractivity contribution is 7.16. The van der Waals surface area contributed by atoms with E-state index < -0.39 is 23.4 Å². The maximum atomic E-state index is 12.4. The molecule has 0 aliphatic carbocycles. The molecule has 0 spiro atoms. The van der Waals surface area contributed by atoms with Gasteiger partial charge in [0.15, 0.2) is 5.13 Å². The maximum absolute atomic E-state index is 12.4. The Bertz CT molecular complexity index is 925. The molecule has 148 valence electrons. The molecule has 0 radical (unpaired) electrons. The van der Waals surface area contributed by atoms with Gasteiger partial charge < -0.3 is 15.4 Å². The van der Waals surface area contributed by atoms with E-state index in [2.05, 4.69) is 15.6 Å². The average Bonchev–Trinajstić information content (AvgIpc) is 3.14. The third kappa shape index (κ3) is 3.70. The molecular formula is C19H22N4O4S. The van der Waals surface area contributed by atoms with Crippen LogP contribution in [0.15, 0.2) is 24.3 Å². The van der Waals surface area contributed by atoms with Crippen LogP contribution in [0.2, 0.25) is 0 Å². The van der Waals surface area contributed by atoms with Crippen LogP contribution in [0.4, 0.5) is 9.93 Å². The second kappa shape index (κ2) is 7.59. The summed E-state index contributed by atoms with van der Waals surface area (Å²) in [5.41, 5.74) is 0.704. The largest absolute Gasteiger partial charge is 0.497 e. The predicted molar refractivity (Wildman–Crippen MR) is 106 cm³/mol. The topological polar surface area (TPSA) is 101 Å². The normalized spacial score (nSPS) is 18.9. The fourth-order valence-electron chi connectivity index (χ4n) is 2.90. The van der Waals surface area contributed by atoms with Crippen LogP contribution < -0.4 is 15.4 Å². The van der Waals surface area contributed by atoms with E-state index in [1.807, 2.05) is 31.2 Å². The number of carbonyl (C=O) groups is 3. The monoisotopic (exact) mass is 402 g/mol. The summed E-state index contributed by atoms with van der Waals surface area (Å²) in [7, 11) is 1.60. The van der Waals surface area contributed by atoms with Crippen LogP contribution in [-0.2, 0) is 9.59 Å². The minimum Gasteiger partial charge on any atom is -0.497 e. The Labute approximate surface area is 166 Å². The van der Waals surface area contributed by atoms with Gasteiger partial charge in [0.25, 0.3) is 5.91 Å². The highest BCUT2D eigenvalue weighted by Crippen LogP contribution is 2.31. The lowest BCUT2D eigenvalue weighted by atomic mass is 9.99. The zero-order chi connectivity index (χ0) is 20.5. The van der Waals surface area contributed by atoms with Gasteiger partial charge in [-0.05, 0) is 44.5 Å². The molecule has 2 heterocycles. The van der Waals surface area contributed by atoms with Gasteiger partial charge in [-0.15, -0.1) is 11.3 Å². The number of benzene rings is 1. The van der Waals surface area contributed by atoms with Crippen molar-refractivity contribution in [2.24, 2.45) is 0 Å². The summed E-state index contributed by atoms with van der Waals surface area (Å²) in [5, 5.41) is 5.72. The Morgan fingerprint density at radius 3 is 2.57 bits per heavy atom. The number of aromatic nitrogens is 1. The van der Waals surface area contributed by atoms with E-state index in [0.29, 0.717) is 11.6 Å². The summed E-state index contributed by atoms with van der Waals surface area (Å²) in [6.07, 6.45) is 0.451. The molecule has 4 amide bonds. The second-order valence-corrected chi connectivity index (χ2v) is 7.91. The van der Waals surface area contributed by atoms with Crippen molar-refractivity contribution in [1.82, 2.24) is 15.2 Å². The van der Waals surface area contributed by atoms with E-state index in [-0.39, 0.29) is 6.54 Å². The number of imide groups is 1. The van der Waals surface area contributed by atoms with Crippen LogP contribution in [0.1, 0.15) is 25.1 Å². The molecule has 1 fully saturated rings. The number of ether oxygens (including phenoxy) is 1. The lowest BCUT2D eigenvalue weighted by Gasteiger charge is -2.18. The standard InChI is InChI=1S/C19H22N4O4S/c1-5-19(3)16(25)23(18(26)22-19)10-14(24)20-17-21-15(11(2)28-17)12-6-8-13(27-4)9-7-12/h6-9H,5,10H2,1-4H3,(H,22,26)(H,20,21,24)/t19-/m1/s1. The van der Waals surface area contributed by atoms with Crippen molar-refractivity contribution >= 4 is 34.3 Å². The summed E-state index contributed by atoms with van der Waals surface area (Å²) in [6, 6.07) is 6.92. The molecule has 0 unspecified atom stereocenters. The Balaban J connectivity index is 1.70. The summed E-state index contributed by atoms with van der Waals surface area (Å²) in [6.45, 7) is 5.02. The first-order chi connectivity index (χ1) is 13.3. The van der Waals surface area contributed by atoms with Crippen LogP contribution in [0.25, 0.3) is 11.3 Å². The number of nitrogens with zero attached hydrogens (tertiary/aromatic N) is 2. The zero-order valence-corrected chi connectivity index (χ0v) is 17.0. The molecular weight excluding hydrogens is 380 g/mol. The molecule has 8 nitrogen and oxygen atoms in total. The van der Waals surface area contributed by atoms with Crippen molar-refractivity contribution in [2.75, 3.05) is 19.0 Å². The number of urea groups is 1. The van der Waals surface area contributed by atoms with Crippen molar-refractivity contribution in [3.8, 4) is 17.0 Å². The van der Waals surface area contributed by atoms with E-state index in [1.165, 1.54) is 11.3 Å². The molecule has 1 atom stereocenters. The molecule has 1 aliphatic rings. The number of hydrogen-bond donors (Lipinski definition) is 2. The third-order valence-corrected chi connectivity index (χ3v) is 5.65. The Morgan fingerprint density at radius 2 is 2.00 bits per heavy atom. The summed E-state index contributed by atoms with van der Waals surface area (Å²) >= 11 is 1.33. The molecule has 1 aliphatic heterocycles. The number of hydrogen-bond acceptors (Lipinski definition) is 6. The predicted octanol–water partition coefficient (Wildman–Crippen LogP) is 2.79. The van der Waals surface area contributed by atoms with Crippen LogP contribution in [0, 0.1) is 6.92 Å². The third-order valence-electron chi connectivity index (χ3n) is 4.76. The van der Waals surface area contributed by atoms with Crippen LogP contribution in [0.5, 0.6) is 5.75 Å². The minimum absolute atomic E-state index is 0.350. The molecule has 28 heavy (non-hydrogen) atoms. The summed E-state index contributed by atoms with van der Waals surface area (Å²) in [5.74, 6) is -0.124. The smallest absolute Gasteiger partial charge is 0.325 e. The molecule has 0 saturated carbocycles. The molecule has 2 N–H and O–H groups in total. The van der Waals surface area contributed by atoms with Gasteiger partial charge in [-0.1, -0.05) is 6.92 Å². The van der Waals surface area contributed by atoms with Crippen molar-refractivity contribution in [2.45, 2.75) is 32.7 Å². The number of methoxy groups -OCH3 is 1. The van der Waals surface area contributed by atoms with Crippen molar-refractivity contribution in [3.63, 3.8) is 0 Å². The van der Waals surface area contributed by atoms with Gasteiger partial charge in [-0.25, -0.2) is 9.78 Å². The average molecular weight is 402 g/mol. The Morgan fingerprint density at radius 1 is 1.32 bits per heavy atom. The van der Waals surface area contributed by atoms with Crippen LogP contribution in [-0.4, -0.2) is 46.9 Å². The Hall–Kier alpha value is -2.94. The number of rotatable bonds is 6. The van der Waals surface area contributed by atoms with Crippen LogP contribution >= 0.6 is 11.3 Å². The SMILES string of the molecule is CC[C@@]1(C)NC(=O)N(CC(=O)Nc2nc(-c3ccc(OC)cc3)c(C)s2)C1=O. The van der Waals surface area contributed by atoms with E-state index in [0.717, 1.165) is 26.8 Å². The highest BCUT2D eigenvalue weighted by atomic mass is 32.1. The summed E-state index contributed by atoms with van der Waals surface area (Å²) < 4.78 is 5.16. The lowest BCUT2D eigenvalue weighted by molar-refractivity contribution is -0.133. The van der Waals surface area contributed by atoms with Gasteiger partial charge in [-0.2, -0.15) is 0 Å². The number of anilines is 1. The first-order valence-electron chi connectivity index (χ1n) is 8.83. The molecule has 9 heteroatoms. The molecule has 1 aromatic carbocycles. The zero-order valence-electron chi connectivity index (χ0n) is 16.2. The number of thiazole rings is 1. The second-order valence-electron chi connectivity index (χ2n) is 6.71. The fraction of sp³-hybridized carbons (Fsp3) is 0.368. The first-order valence-corrected chi connectivity index (χ1v) is 9.65. The molecule has 1 aromatic heterocycles. The Kier molecular flexibility index (Phi) is 5.37. The van der Waals surface area contributed by atoms with E-state index >= 15 is 0 Å². The quantitative estimate of drug-likeness (QED) is 0.724. The molecule has 1 saturated heterocycles. The summed E-state index contributed by atoms with van der Waals surface area (Å²) in [4.78, 5) is 43.1. The maximum Gasteiger partial charge on any atom is 0.325 e. The molecule has 0 bridgehead atoms. The van der Waals surface area contributed by atoms with Gasteiger partial charge in [0, 0.05) is 10.4 Å². The number of aryl methyl sites for hydroxylation is 1. The minimum atomic E-state index is -0.962. The number of carbonyl (C=O) groups excluding carboxylic acids is 3. The number of nitrogens with one attached hydrogen (secondary N) is 2. The van der Waals surface area contributed by atoms with Gasteiger partial charge in [-0.3, -0.25) is 14.5 Å². The van der Waals surface area contributed by atoms with Gasteiger partial charge >= 0.3 is 6.03 Å². The van der Waals surface area contributed by atoms with E-state index in [4.69, 9.17) is 4.74 Å². The van der Waals surface area contributed by atoms with Crippen molar-refractivity contribution < 1.29 is 19.1 Å². The van der Waals surface area contributed by atoms with Gasteiger partial charge in [0.2, 0.25) is 5.91 Å². The number of amides is 4. The van der Waals surface area contributed by atoms with E-state index in [9.17, 15) is 14.4 Å². The van der Waals surface area contributed by atoms with Gasteiger partial charge in [0.1, 0.15) is 17.8 Å². The van der Waals surface area contributed by atoms with Crippen LogP contribution in [0.3, 0.4) is 0 Å². The van der Waals surface area contributed by atoms with Gasteiger partial charge in [0.05, 0.1) is 12.8 Å². The van der Waals surface area contributed by atoms with Crippen molar-refractivity contribution in [1.29, 1.82) is 0 Å². The molecule has 2 aromatic rings. The van der Waals surface area contributed by atoms with E-state index in [1.54, 1.807) is 21.0 Å². The van der Waals surface area contributed by atoms with Crippen molar-refractivity contribution in [3.05, 3.63) is 29.1 Å².